The van der Waals surface area contributed by atoms with Crippen LogP contribution in [0.25, 0.3) is 0 Å². The Morgan fingerprint density at radius 2 is 1.96 bits per heavy atom. The van der Waals surface area contributed by atoms with Crippen LogP contribution in [0.2, 0.25) is 5.02 Å². The van der Waals surface area contributed by atoms with Crippen molar-refractivity contribution in [2.45, 2.75) is 19.4 Å². The molecule has 1 atom stereocenters. The second-order valence-electron chi connectivity index (χ2n) is 5.33. The number of amides is 6. The van der Waals surface area contributed by atoms with Gasteiger partial charge in [-0.2, -0.15) is 0 Å². The highest BCUT2D eigenvalue weighted by molar-refractivity contribution is 6.32. The number of hydrogen-bond donors (Lipinski definition) is 3. The highest BCUT2D eigenvalue weighted by atomic mass is 35.5. The van der Waals surface area contributed by atoms with Crippen LogP contribution >= 0.6 is 11.6 Å². The van der Waals surface area contributed by atoms with Crippen LogP contribution < -0.4 is 16.0 Å². The summed E-state index contributed by atoms with van der Waals surface area (Å²) in [6, 6.07) is 5.20. The number of nitrogens with one attached hydrogen (secondary N) is 3. The molecule has 0 unspecified atom stereocenters. The third-order valence-electron chi connectivity index (χ3n) is 3.58. The number of nitrogens with zero attached hydrogens (tertiary/aromatic N) is 1. The van der Waals surface area contributed by atoms with Crippen molar-refractivity contribution in [1.82, 2.24) is 20.9 Å². The van der Waals surface area contributed by atoms with E-state index in [9.17, 15) is 19.2 Å². The Morgan fingerprint density at radius 3 is 2.58 bits per heavy atom. The van der Waals surface area contributed by atoms with Crippen molar-refractivity contribution in [2.75, 3.05) is 13.1 Å². The van der Waals surface area contributed by atoms with E-state index < -0.39 is 36.0 Å². The first-order chi connectivity index (χ1) is 11.3. The van der Waals surface area contributed by atoms with Crippen LogP contribution in [-0.2, 0) is 15.1 Å². The van der Waals surface area contributed by atoms with Gasteiger partial charge < -0.3 is 10.6 Å². The van der Waals surface area contributed by atoms with E-state index in [1.807, 2.05) is 5.32 Å². The van der Waals surface area contributed by atoms with Gasteiger partial charge in [0.05, 0.1) is 0 Å². The van der Waals surface area contributed by atoms with Crippen molar-refractivity contribution in [3.63, 3.8) is 0 Å². The number of halogens is 1. The predicted octanol–water partition coefficient (Wildman–Crippen LogP) is 0.953. The Labute approximate surface area is 143 Å². The molecule has 1 aromatic carbocycles. The van der Waals surface area contributed by atoms with Gasteiger partial charge in [-0.3, -0.25) is 19.8 Å². The molecule has 24 heavy (non-hydrogen) atoms. The first-order valence-electron chi connectivity index (χ1n) is 7.26. The van der Waals surface area contributed by atoms with Gasteiger partial charge in [0.15, 0.2) is 0 Å². The average molecular weight is 353 g/mol. The van der Waals surface area contributed by atoms with Crippen LogP contribution in [0.15, 0.2) is 24.3 Å². The Balaban J connectivity index is 2.16. The molecule has 0 aliphatic carbocycles. The molecule has 2 rings (SSSR count). The van der Waals surface area contributed by atoms with Gasteiger partial charge in [0.1, 0.15) is 12.1 Å². The highest BCUT2D eigenvalue weighted by Gasteiger charge is 2.50. The third kappa shape index (κ3) is 3.33. The number of imide groups is 2. The number of carbonyl (C=O) groups excluding carboxylic acids is 4. The van der Waals surface area contributed by atoms with Gasteiger partial charge in [0.25, 0.3) is 5.91 Å². The predicted molar refractivity (Wildman–Crippen MR) is 86.3 cm³/mol. The molecule has 0 aromatic heterocycles. The van der Waals surface area contributed by atoms with Crippen LogP contribution in [0.1, 0.15) is 19.4 Å². The van der Waals surface area contributed by atoms with Crippen LogP contribution in [-0.4, -0.2) is 41.9 Å². The van der Waals surface area contributed by atoms with Crippen LogP contribution in [0.3, 0.4) is 0 Å². The number of rotatable bonds is 4. The topological polar surface area (TPSA) is 108 Å². The Hall–Kier alpha value is -2.61. The molecule has 6 amide bonds. The molecule has 3 N–H and O–H groups in total. The second kappa shape index (κ2) is 6.88. The van der Waals surface area contributed by atoms with Crippen molar-refractivity contribution in [1.29, 1.82) is 0 Å². The number of urea groups is 2. The number of carbonyl (C=O) groups is 4. The SMILES string of the molecule is CCNC(=O)NC(=O)CN1C(=O)N[C@](C)(c2ccccc2Cl)C1=O. The molecule has 1 aliphatic rings. The van der Waals surface area contributed by atoms with E-state index in [4.69, 9.17) is 11.6 Å². The molecule has 1 fully saturated rings. The van der Waals surface area contributed by atoms with Crippen molar-refractivity contribution in [3.8, 4) is 0 Å². The van der Waals surface area contributed by atoms with E-state index in [-0.39, 0.29) is 0 Å². The summed E-state index contributed by atoms with van der Waals surface area (Å²) in [5.74, 6) is -1.39. The van der Waals surface area contributed by atoms with Gasteiger partial charge in [-0.25, -0.2) is 9.59 Å². The maximum absolute atomic E-state index is 12.6. The minimum Gasteiger partial charge on any atom is -0.338 e. The largest absolute Gasteiger partial charge is 0.338 e. The minimum atomic E-state index is -1.37. The van der Waals surface area contributed by atoms with E-state index in [0.717, 1.165) is 4.90 Å². The van der Waals surface area contributed by atoms with E-state index in [2.05, 4.69) is 10.6 Å². The molecular formula is C15H17ClN4O4. The van der Waals surface area contributed by atoms with Gasteiger partial charge >= 0.3 is 12.1 Å². The molecule has 0 saturated carbocycles. The number of benzene rings is 1. The molecule has 9 heteroatoms. The number of hydrogen-bond acceptors (Lipinski definition) is 4. The minimum absolute atomic E-state index is 0.322. The lowest BCUT2D eigenvalue weighted by Gasteiger charge is -2.23. The smallest absolute Gasteiger partial charge is 0.325 e. The zero-order valence-electron chi connectivity index (χ0n) is 13.2. The lowest BCUT2D eigenvalue weighted by Crippen LogP contribution is -2.46. The highest BCUT2D eigenvalue weighted by Crippen LogP contribution is 2.33. The first kappa shape index (κ1) is 17.7. The van der Waals surface area contributed by atoms with Gasteiger partial charge in [-0.1, -0.05) is 29.8 Å². The van der Waals surface area contributed by atoms with Crippen LogP contribution in [0.5, 0.6) is 0 Å². The van der Waals surface area contributed by atoms with Crippen LogP contribution in [0.4, 0.5) is 9.59 Å². The fourth-order valence-electron chi connectivity index (χ4n) is 2.40. The molecular weight excluding hydrogens is 336 g/mol. The second-order valence-corrected chi connectivity index (χ2v) is 5.74. The summed E-state index contributed by atoms with van der Waals surface area (Å²) in [6.45, 7) is 2.97. The van der Waals surface area contributed by atoms with Gasteiger partial charge in [0, 0.05) is 17.1 Å². The Morgan fingerprint density at radius 1 is 1.29 bits per heavy atom. The standard InChI is InChI=1S/C15H17ClN4O4/c1-3-17-13(23)18-11(21)8-20-12(22)15(2,19-14(20)24)9-6-4-5-7-10(9)16/h4-7H,3,8H2,1-2H3,(H,19,24)(H2,17,18,21,23)/t15-/m1/s1. The third-order valence-corrected chi connectivity index (χ3v) is 3.91. The van der Waals surface area contributed by atoms with Crippen molar-refractivity contribution >= 4 is 35.5 Å². The summed E-state index contributed by atoms with van der Waals surface area (Å²) in [7, 11) is 0. The summed E-state index contributed by atoms with van der Waals surface area (Å²) in [4.78, 5) is 48.6. The first-order valence-corrected chi connectivity index (χ1v) is 7.64. The molecule has 0 spiro atoms. The lowest BCUT2D eigenvalue weighted by molar-refractivity contribution is -0.134. The van der Waals surface area contributed by atoms with Crippen molar-refractivity contribution in [2.24, 2.45) is 0 Å². The lowest BCUT2D eigenvalue weighted by atomic mass is 9.92. The molecule has 1 saturated heterocycles. The maximum Gasteiger partial charge on any atom is 0.325 e. The van der Waals surface area contributed by atoms with E-state index in [1.54, 1.807) is 31.2 Å². The molecule has 8 nitrogen and oxygen atoms in total. The quantitative estimate of drug-likeness (QED) is 0.701. The molecule has 1 heterocycles. The summed E-state index contributed by atoms with van der Waals surface area (Å²) in [5.41, 5.74) is -0.946. The summed E-state index contributed by atoms with van der Waals surface area (Å²) < 4.78 is 0. The Kier molecular flexibility index (Phi) is 5.08. The van der Waals surface area contributed by atoms with E-state index in [1.165, 1.54) is 6.92 Å². The molecule has 128 valence electrons. The molecule has 0 radical (unpaired) electrons. The average Bonchev–Trinajstić information content (AvgIpc) is 2.72. The van der Waals surface area contributed by atoms with E-state index in [0.29, 0.717) is 17.1 Å². The fourth-order valence-corrected chi connectivity index (χ4v) is 2.73. The van der Waals surface area contributed by atoms with Crippen molar-refractivity contribution < 1.29 is 19.2 Å². The van der Waals surface area contributed by atoms with E-state index >= 15 is 0 Å². The maximum atomic E-state index is 12.6. The summed E-state index contributed by atoms with van der Waals surface area (Å²) >= 11 is 6.11. The zero-order chi connectivity index (χ0) is 17.9. The fraction of sp³-hybridized carbons (Fsp3) is 0.333. The molecule has 1 aromatic rings. The monoisotopic (exact) mass is 352 g/mol. The van der Waals surface area contributed by atoms with Gasteiger partial charge in [-0.05, 0) is 19.9 Å². The van der Waals surface area contributed by atoms with Crippen LogP contribution in [0, 0.1) is 0 Å². The molecule has 0 bridgehead atoms. The van der Waals surface area contributed by atoms with Gasteiger partial charge in [0.2, 0.25) is 5.91 Å². The summed E-state index contributed by atoms with van der Waals surface area (Å²) in [6.07, 6.45) is 0. The molecule has 1 aliphatic heterocycles. The normalized spacial score (nSPS) is 19.9. The Bertz CT molecular complexity index is 708. The summed E-state index contributed by atoms with van der Waals surface area (Å²) in [5, 5.41) is 7.28. The van der Waals surface area contributed by atoms with Crippen molar-refractivity contribution in [3.05, 3.63) is 34.9 Å². The zero-order valence-corrected chi connectivity index (χ0v) is 13.9. The van der Waals surface area contributed by atoms with Gasteiger partial charge in [-0.15, -0.1) is 0 Å².